The van der Waals surface area contributed by atoms with Crippen LogP contribution in [0, 0.1) is 12.8 Å². The molecular formula is C14H19N3O. The molecule has 18 heavy (non-hydrogen) atoms. The first-order valence-corrected chi connectivity index (χ1v) is 6.28. The molecule has 4 heteroatoms. The number of rotatable bonds is 4. The van der Waals surface area contributed by atoms with Gasteiger partial charge >= 0.3 is 0 Å². The van der Waals surface area contributed by atoms with Crippen molar-refractivity contribution in [2.45, 2.75) is 33.2 Å². The average Bonchev–Trinajstić information content (AvgIpc) is 2.86. The maximum atomic E-state index is 6.07. The van der Waals surface area contributed by atoms with Crippen molar-refractivity contribution in [3.05, 3.63) is 35.7 Å². The van der Waals surface area contributed by atoms with Crippen LogP contribution < -0.4 is 5.73 Å². The van der Waals surface area contributed by atoms with E-state index >= 15 is 0 Å². The minimum absolute atomic E-state index is 0.193. The quantitative estimate of drug-likeness (QED) is 0.899. The van der Waals surface area contributed by atoms with Gasteiger partial charge in [0.2, 0.25) is 11.7 Å². The van der Waals surface area contributed by atoms with Crippen LogP contribution in [0.25, 0.3) is 11.4 Å². The Morgan fingerprint density at radius 2 is 2.17 bits per heavy atom. The normalized spacial score (nSPS) is 14.4. The minimum Gasteiger partial charge on any atom is -0.337 e. The zero-order valence-corrected chi connectivity index (χ0v) is 11.1. The molecule has 0 fully saturated rings. The van der Waals surface area contributed by atoms with Crippen molar-refractivity contribution in [1.29, 1.82) is 0 Å². The van der Waals surface area contributed by atoms with Crippen LogP contribution in [0.15, 0.2) is 28.8 Å². The van der Waals surface area contributed by atoms with Crippen LogP contribution in [0.3, 0.4) is 0 Å². The molecule has 0 aliphatic rings. The fraction of sp³-hybridized carbons (Fsp3) is 0.429. The van der Waals surface area contributed by atoms with Crippen LogP contribution in [-0.4, -0.2) is 10.1 Å². The number of nitrogens with two attached hydrogens (primary N) is 1. The minimum atomic E-state index is -0.193. The van der Waals surface area contributed by atoms with Crippen LogP contribution in [0.5, 0.6) is 0 Å². The standard InChI is InChI=1S/C14H19N3O/c1-4-10(3)12(15)14-16-13(17-18-14)11-7-5-6-9(2)8-11/h5-8,10,12H,4,15H2,1-3H3/t10?,12-/m0/s1. The van der Waals surface area contributed by atoms with E-state index in [4.69, 9.17) is 10.3 Å². The maximum absolute atomic E-state index is 6.07. The van der Waals surface area contributed by atoms with Gasteiger partial charge in [0, 0.05) is 5.56 Å². The zero-order valence-electron chi connectivity index (χ0n) is 11.1. The van der Waals surface area contributed by atoms with E-state index in [1.54, 1.807) is 0 Å². The lowest BCUT2D eigenvalue weighted by Gasteiger charge is -2.12. The highest BCUT2D eigenvalue weighted by Gasteiger charge is 2.20. The van der Waals surface area contributed by atoms with Crippen molar-refractivity contribution in [3.8, 4) is 11.4 Å². The van der Waals surface area contributed by atoms with Crippen LogP contribution in [0.2, 0.25) is 0 Å². The summed E-state index contributed by atoms with van der Waals surface area (Å²) >= 11 is 0. The predicted octanol–water partition coefficient (Wildman–Crippen LogP) is 3.09. The number of aryl methyl sites for hydroxylation is 1. The molecule has 0 bridgehead atoms. The first kappa shape index (κ1) is 12.8. The molecule has 2 aromatic rings. The summed E-state index contributed by atoms with van der Waals surface area (Å²) in [6, 6.07) is 7.82. The number of nitrogens with zero attached hydrogens (tertiary/aromatic N) is 2. The van der Waals surface area contributed by atoms with E-state index in [-0.39, 0.29) is 6.04 Å². The Labute approximate surface area is 107 Å². The van der Waals surface area contributed by atoms with Crippen LogP contribution in [0.4, 0.5) is 0 Å². The molecule has 2 rings (SSSR count). The number of benzene rings is 1. The molecule has 4 nitrogen and oxygen atoms in total. The molecule has 1 heterocycles. The molecule has 2 atom stereocenters. The largest absolute Gasteiger partial charge is 0.337 e. The van der Waals surface area contributed by atoms with E-state index in [0.29, 0.717) is 17.6 Å². The van der Waals surface area contributed by atoms with Gasteiger partial charge in [0.1, 0.15) is 0 Å². The van der Waals surface area contributed by atoms with E-state index in [0.717, 1.165) is 12.0 Å². The van der Waals surface area contributed by atoms with Crippen molar-refractivity contribution in [1.82, 2.24) is 10.1 Å². The van der Waals surface area contributed by atoms with Gasteiger partial charge in [-0.25, -0.2) is 0 Å². The van der Waals surface area contributed by atoms with Gasteiger partial charge in [-0.1, -0.05) is 49.2 Å². The molecule has 0 radical (unpaired) electrons. The Morgan fingerprint density at radius 1 is 1.39 bits per heavy atom. The van der Waals surface area contributed by atoms with Crippen molar-refractivity contribution in [2.24, 2.45) is 11.7 Å². The van der Waals surface area contributed by atoms with Crippen LogP contribution in [-0.2, 0) is 0 Å². The summed E-state index contributed by atoms with van der Waals surface area (Å²) in [5.74, 6) is 1.45. The molecule has 0 aliphatic heterocycles. The fourth-order valence-electron chi connectivity index (χ4n) is 1.77. The third kappa shape index (κ3) is 2.59. The smallest absolute Gasteiger partial charge is 0.244 e. The van der Waals surface area contributed by atoms with E-state index in [9.17, 15) is 0 Å². The third-order valence-corrected chi connectivity index (χ3v) is 3.26. The second kappa shape index (κ2) is 5.31. The van der Waals surface area contributed by atoms with E-state index in [2.05, 4.69) is 24.0 Å². The van der Waals surface area contributed by atoms with Gasteiger partial charge in [-0.2, -0.15) is 4.98 Å². The topological polar surface area (TPSA) is 64.9 Å². The van der Waals surface area contributed by atoms with Gasteiger partial charge in [0.25, 0.3) is 0 Å². The maximum Gasteiger partial charge on any atom is 0.244 e. The molecule has 0 aliphatic carbocycles. The lowest BCUT2D eigenvalue weighted by Crippen LogP contribution is -2.18. The highest BCUT2D eigenvalue weighted by atomic mass is 16.5. The van der Waals surface area contributed by atoms with Gasteiger partial charge in [0.05, 0.1) is 6.04 Å². The molecule has 0 saturated carbocycles. The number of hydrogen-bond acceptors (Lipinski definition) is 4. The Kier molecular flexibility index (Phi) is 3.77. The summed E-state index contributed by atoms with van der Waals surface area (Å²) < 4.78 is 5.26. The molecule has 1 aromatic heterocycles. The lowest BCUT2D eigenvalue weighted by atomic mass is 10.0. The SMILES string of the molecule is CCC(C)[C@H](N)c1nc(-c2cccc(C)c2)no1. The summed E-state index contributed by atoms with van der Waals surface area (Å²) in [6.07, 6.45) is 0.989. The summed E-state index contributed by atoms with van der Waals surface area (Å²) in [5, 5.41) is 4.00. The number of hydrogen-bond donors (Lipinski definition) is 1. The van der Waals surface area contributed by atoms with Gasteiger partial charge in [-0.3, -0.25) is 0 Å². The predicted molar refractivity (Wildman–Crippen MR) is 70.9 cm³/mol. The highest BCUT2D eigenvalue weighted by molar-refractivity contribution is 5.55. The van der Waals surface area contributed by atoms with Crippen LogP contribution >= 0.6 is 0 Å². The van der Waals surface area contributed by atoms with E-state index in [1.807, 2.05) is 31.2 Å². The van der Waals surface area contributed by atoms with Crippen molar-refractivity contribution >= 4 is 0 Å². The second-order valence-corrected chi connectivity index (χ2v) is 4.74. The van der Waals surface area contributed by atoms with Crippen LogP contribution in [0.1, 0.15) is 37.8 Å². The molecule has 1 aromatic carbocycles. The monoisotopic (exact) mass is 245 g/mol. The highest BCUT2D eigenvalue weighted by Crippen LogP contribution is 2.23. The van der Waals surface area contributed by atoms with Gasteiger partial charge in [-0.15, -0.1) is 0 Å². The molecule has 96 valence electrons. The van der Waals surface area contributed by atoms with Crippen molar-refractivity contribution in [3.63, 3.8) is 0 Å². The Balaban J connectivity index is 2.25. The Bertz CT molecular complexity index is 521. The summed E-state index contributed by atoms with van der Waals surface area (Å²) in [6.45, 7) is 6.22. The van der Waals surface area contributed by atoms with E-state index < -0.39 is 0 Å². The molecule has 0 spiro atoms. The van der Waals surface area contributed by atoms with Crippen molar-refractivity contribution < 1.29 is 4.52 Å². The summed E-state index contributed by atoms with van der Waals surface area (Å²) in [4.78, 5) is 4.39. The summed E-state index contributed by atoms with van der Waals surface area (Å²) in [5.41, 5.74) is 8.21. The first-order chi connectivity index (χ1) is 8.61. The third-order valence-electron chi connectivity index (χ3n) is 3.26. The average molecular weight is 245 g/mol. The summed E-state index contributed by atoms with van der Waals surface area (Å²) in [7, 11) is 0. The van der Waals surface area contributed by atoms with Gasteiger partial charge < -0.3 is 10.3 Å². The zero-order chi connectivity index (χ0) is 13.1. The van der Waals surface area contributed by atoms with Crippen molar-refractivity contribution in [2.75, 3.05) is 0 Å². The second-order valence-electron chi connectivity index (χ2n) is 4.74. The molecule has 0 amide bonds. The molecule has 1 unspecified atom stereocenters. The molecule has 0 saturated heterocycles. The Hall–Kier alpha value is -1.68. The Morgan fingerprint density at radius 3 is 2.83 bits per heavy atom. The molecule has 2 N–H and O–H groups in total. The number of aromatic nitrogens is 2. The van der Waals surface area contributed by atoms with Gasteiger partial charge in [-0.05, 0) is 18.9 Å². The van der Waals surface area contributed by atoms with E-state index in [1.165, 1.54) is 5.56 Å². The molecular weight excluding hydrogens is 226 g/mol. The van der Waals surface area contributed by atoms with Gasteiger partial charge in [0.15, 0.2) is 0 Å². The lowest BCUT2D eigenvalue weighted by molar-refractivity contribution is 0.312. The first-order valence-electron chi connectivity index (χ1n) is 6.28. The fourth-order valence-corrected chi connectivity index (χ4v) is 1.77.